The number of hydrogen-bond donors (Lipinski definition) is 2. The normalized spacial score (nSPS) is 13.1. The lowest BCUT2D eigenvalue weighted by molar-refractivity contribution is -0.138. The van der Waals surface area contributed by atoms with Gasteiger partial charge in [0, 0.05) is 6.54 Å². The summed E-state index contributed by atoms with van der Waals surface area (Å²) in [5, 5.41) is 12.2. The molecule has 2 aromatic rings. The maximum absolute atomic E-state index is 13.0. The average Bonchev–Trinajstić information content (AvgIpc) is 2.49. The van der Waals surface area contributed by atoms with Gasteiger partial charge in [0.05, 0.1) is 18.2 Å². The molecule has 6 heteroatoms. The van der Waals surface area contributed by atoms with Crippen molar-refractivity contribution in [2.45, 2.75) is 18.8 Å². The number of aliphatic hydroxyl groups is 1. The van der Waals surface area contributed by atoms with Crippen LogP contribution in [-0.4, -0.2) is 11.7 Å². The molecule has 2 aromatic carbocycles. The highest BCUT2D eigenvalue weighted by Crippen LogP contribution is 2.32. The molecule has 2 N–H and O–H groups in total. The summed E-state index contributed by atoms with van der Waals surface area (Å²) in [4.78, 5) is 0. The van der Waals surface area contributed by atoms with Crippen LogP contribution >= 0.6 is 0 Å². The van der Waals surface area contributed by atoms with Gasteiger partial charge in [-0.1, -0.05) is 36.4 Å². The van der Waals surface area contributed by atoms with E-state index in [2.05, 4.69) is 5.32 Å². The van der Waals surface area contributed by atoms with Crippen molar-refractivity contribution in [2.75, 3.05) is 6.61 Å². The van der Waals surface area contributed by atoms with Crippen LogP contribution in [0.15, 0.2) is 48.5 Å². The second kappa shape index (κ2) is 6.89. The van der Waals surface area contributed by atoms with Crippen molar-refractivity contribution in [1.82, 2.24) is 5.32 Å². The Kier molecular flexibility index (Phi) is 5.15. The zero-order valence-electron chi connectivity index (χ0n) is 11.6. The smallest absolute Gasteiger partial charge is 0.394 e. The van der Waals surface area contributed by atoms with Gasteiger partial charge in [0.25, 0.3) is 0 Å². The van der Waals surface area contributed by atoms with E-state index in [9.17, 15) is 22.7 Å². The quantitative estimate of drug-likeness (QED) is 0.826. The second-order valence-electron chi connectivity index (χ2n) is 4.83. The summed E-state index contributed by atoms with van der Waals surface area (Å²) in [7, 11) is 0. The number of benzene rings is 2. The maximum atomic E-state index is 13.0. The fourth-order valence-corrected chi connectivity index (χ4v) is 2.17. The molecule has 118 valence electrons. The van der Waals surface area contributed by atoms with E-state index in [1.807, 2.05) is 0 Å². The van der Waals surface area contributed by atoms with Crippen LogP contribution < -0.4 is 5.32 Å². The number of hydrogen-bond acceptors (Lipinski definition) is 2. The summed E-state index contributed by atoms with van der Waals surface area (Å²) in [6, 6.07) is 11.0. The molecule has 0 aliphatic heterocycles. The summed E-state index contributed by atoms with van der Waals surface area (Å²) >= 11 is 0. The molecule has 0 fully saturated rings. The van der Waals surface area contributed by atoms with E-state index in [-0.39, 0.29) is 18.7 Å². The van der Waals surface area contributed by atoms with E-state index in [1.165, 1.54) is 0 Å². The average molecular weight is 313 g/mol. The van der Waals surface area contributed by atoms with E-state index < -0.39 is 23.6 Å². The first-order chi connectivity index (χ1) is 10.4. The largest absolute Gasteiger partial charge is 0.416 e. The van der Waals surface area contributed by atoms with Crippen molar-refractivity contribution in [2.24, 2.45) is 0 Å². The standard InChI is InChI=1S/C16H15F4NO/c17-13-7-6-12(14(8-13)16(18,19)20)9-21-15(10-22)11-4-2-1-3-5-11/h1-8,15,21-22H,9-10H2. The predicted octanol–water partition coefficient (Wildman–Crippen LogP) is 3.67. The number of rotatable bonds is 5. The summed E-state index contributed by atoms with van der Waals surface area (Å²) in [5.74, 6) is -0.933. The summed E-state index contributed by atoms with van der Waals surface area (Å²) in [6.45, 7) is -0.387. The van der Waals surface area contributed by atoms with Gasteiger partial charge < -0.3 is 10.4 Å². The van der Waals surface area contributed by atoms with Gasteiger partial charge in [0.2, 0.25) is 0 Å². The van der Waals surface area contributed by atoms with Crippen LogP contribution in [0.2, 0.25) is 0 Å². The third-order valence-electron chi connectivity index (χ3n) is 3.30. The Morgan fingerprint density at radius 2 is 1.73 bits per heavy atom. The van der Waals surface area contributed by atoms with Gasteiger partial charge in [-0.3, -0.25) is 0 Å². The molecule has 2 nitrogen and oxygen atoms in total. The number of halogens is 4. The third kappa shape index (κ3) is 4.05. The topological polar surface area (TPSA) is 32.3 Å². The Morgan fingerprint density at radius 3 is 2.32 bits per heavy atom. The first kappa shape index (κ1) is 16.5. The zero-order valence-corrected chi connectivity index (χ0v) is 11.6. The molecule has 0 bridgehead atoms. The van der Waals surface area contributed by atoms with E-state index in [0.29, 0.717) is 6.07 Å². The molecule has 0 heterocycles. The highest BCUT2D eigenvalue weighted by atomic mass is 19.4. The van der Waals surface area contributed by atoms with Crippen LogP contribution in [0, 0.1) is 5.82 Å². The van der Waals surface area contributed by atoms with Crippen molar-refractivity contribution < 1.29 is 22.7 Å². The molecule has 0 aromatic heterocycles. The Labute approximate surface area is 125 Å². The van der Waals surface area contributed by atoms with E-state index in [0.717, 1.165) is 17.7 Å². The van der Waals surface area contributed by atoms with Crippen LogP contribution in [0.4, 0.5) is 17.6 Å². The monoisotopic (exact) mass is 313 g/mol. The SMILES string of the molecule is OCC(NCc1ccc(F)cc1C(F)(F)F)c1ccccc1. The Balaban J connectivity index is 2.17. The van der Waals surface area contributed by atoms with Gasteiger partial charge in [-0.15, -0.1) is 0 Å². The van der Waals surface area contributed by atoms with E-state index in [4.69, 9.17) is 0 Å². The fraction of sp³-hybridized carbons (Fsp3) is 0.250. The van der Waals surface area contributed by atoms with Crippen molar-refractivity contribution >= 4 is 0 Å². The minimum absolute atomic E-state index is 0.0664. The summed E-state index contributed by atoms with van der Waals surface area (Å²) in [5.41, 5.74) is -0.311. The summed E-state index contributed by atoms with van der Waals surface area (Å²) in [6.07, 6.45) is -4.62. The minimum atomic E-state index is -4.62. The predicted molar refractivity (Wildman–Crippen MR) is 74.5 cm³/mol. The lowest BCUT2D eigenvalue weighted by Crippen LogP contribution is -2.25. The Hall–Kier alpha value is -1.92. The van der Waals surface area contributed by atoms with Gasteiger partial charge in [-0.2, -0.15) is 13.2 Å². The Bertz CT molecular complexity index is 613. The Morgan fingerprint density at radius 1 is 1.05 bits per heavy atom. The third-order valence-corrected chi connectivity index (χ3v) is 3.30. The van der Waals surface area contributed by atoms with Crippen LogP contribution in [0.25, 0.3) is 0 Å². The van der Waals surface area contributed by atoms with Gasteiger partial charge >= 0.3 is 6.18 Å². The molecule has 0 aliphatic carbocycles. The molecule has 0 radical (unpaired) electrons. The highest BCUT2D eigenvalue weighted by molar-refractivity contribution is 5.30. The number of nitrogens with one attached hydrogen (secondary N) is 1. The molecular weight excluding hydrogens is 298 g/mol. The lowest BCUT2D eigenvalue weighted by atomic mass is 10.0. The van der Waals surface area contributed by atoms with Crippen molar-refractivity contribution in [3.8, 4) is 0 Å². The van der Waals surface area contributed by atoms with Crippen LogP contribution in [0.3, 0.4) is 0 Å². The molecule has 1 unspecified atom stereocenters. The van der Waals surface area contributed by atoms with Crippen LogP contribution in [0.5, 0.6) is 0 Å². The maximum Gasteiger partial charge on any atom is 0.416 e. The molecule has 0 spiro atoms. The van der Waals surface area contributed by atoms with Crippen molar-refractivity contribution in [3.63, 3.8) is 0 Å². The fourth-order valence-electron chi connectivity index (χ4n) is 2.17. The van der Waals surface area contributed by atoms with Gasteiger partial charge in [-0.25, -0.2) is 4.39 Å². The minimum Gasteiger partial charge on any atom is -0.394 e. The molecule has 0 saturated carbocycles. The van der Waals surface area contributed by atoms with Gasteiger partial charge in [-0.05, 0) is 23.3 Å². The second-order valence-corrected chi connectivity index (χ2v) is 4.83. The highest BCUT2D eigenvalue weighted by Gasteiger charge is 2.33. The molecule has 1 atom stereocenters. The van der Waals surface area contributed by atoms with Crippen LogP contribution in [0.1, 0.15) is 22.7 Å². The summed E-state index contributed by atoms with van der Waals surface area (Å²) < 4.78 is 51.8. The molecular formula is C16H15F4NO. The molecule has 2 rings (SSSR count). The van der Waals surface area contributed by atoms with Gasteiger partial charge in [0.15, 0.2) is 0 Å². The van der Waals surface area contributed by atoms with Crippen molar-refractivity contribution in [3.05, 3.63) is 71.0 Å². The van der Waals surface area contributed by atoms with Crippen LogP contribution in [-0.2, 0) is 12.7 Å². The zero-order chi connectivity index (χ0) is 16.2. The lowest BCUT2D eigenvalue weighted by Gasteiger charge is -2.19. The van der Waals surface area contributed by atoms with E-state index >= 15 is 0 Å². The number of aliphatic hydroxyl groups excluding tert-OH is 1. The first-order valence-corrected chi connectivity index (χ1v) is 6.66. The molecule has 0 amide bonds. The van der Waals surface area contributed by atoms with Gasteiger partial charge in [0.1, 0.15) is 5.82 Å². The van der Waals surface area contributed by atoms with Crippen molar-refractivity contribution in [1.29, 1.82) is 0 Å². The first-order valence-electron chi connectivity index (χ1n) is 6.66. The van der Waals surface area contributed by atoms with E-state index in [1.54, 1.807) is 30.3 Å². The number of alkyl halides is 3. The molecule has 0 aliphatic rings. The molecule has 22 heavy (non-hydrogen) atoms. The molecule has 0 saturated heterocycles.